The zero-order valence-electron chi connectivity index (χ0n) is 7.05. The molecule has 0 saturated heterocycles. The summed E-state index contributed by atoms with van der Waals surface area (Å²) < 4.78 is 0.894. The zero-order valence-corrected chi connectivity index (χ0v) is 9.45. The smallest absolute Gasteiger partial charge is 0.262 e. The second-order valence-electron chi connectivity index (χ2n) is 3.25. The van der Waals surface area contributed by atoms with Crippen LogP contribution in [0.3, 0.4) is 0 Å². The molecule has 1 aliphatic carbocycles. The van der Waals surface area contributed by atoms with Gasteiger partial charge in [-0.15, -0.1) is 11.3 Å². The lowest BCUT2D eigenvalue weighted by Crippen LogP contribution is -2.24. The van der Waals surface area contributed by atoms with Crippen molar-refractivity contribution in [3.05, 3.63) is 20.8 Å². The van der Waals surface area contributed by atoms with E-state index in [2.05, 4.69) is 21.2 Å². The molecule has 1 heterocycles. The molecule has 0 unspecified atom stereocenters. The van der Waals surface area contributed by atoms with Crippen LogP contribution in [0, 0.1) is 5.92 Å². The molecule has 1 N–H and O–H groups in total. The number of amides is 1. The Morgan fingerprint density at radius 1 is 1.69 bits per heavy atom. The number of halogens is 1. The molecule has 1 aromatic rings. The minimum atomic E-state index is 0.0498. The van der Waals surface area contributed by atoms with E-state index in [-0.39, 0.29) is 5.91 Å². The van der Waals surface area contributed by atoms with Crippen LogP contribution in [-0.2, 0) is 0 Å². The lowest BCUT2D eigenvalue weighted by Gasteiger charge is -2.01. The Hall–Kier alpha value is -0.350. The standard InChI is InChI=1S/C9H10BrNOS/c10-7-3-4-13-8(7)9(12)11-5-6-1-2-6/h3-4,6H,1-2,5H2,(H,11,12). The van der Waals surface area contributed by atoms with E-state index in [1.165, 1.54) is 24.2 Å². The van der Waals surface area contributed by atoms with Crippen molar-refractivity contribution in [3.63, 3.8) is 0 Å². The maximum Gasteiger partial charge on any atom is 0.262 e. The summed E-state index contributed by atoms with van der Waals surface area (Å²) >= 11 is 4.81. The number of hydrogen-bond donors (Lipinski definition) is 1. The van der Waals surface area contributed by atoms with Crippen molar-refractivity contribution >= 4 is 33.2 Å². The summed E-state index contributed by atoms with van der Waals surface area (Å²) in [6.07, 6.45) is 2.54. The second-order valence-corrected chi connectivity index (χ2v) is 5.02. The van der Waals surface area contributed by atoms with Crippen LogP contribution >= 0.6 is 27.3 Å². The van der Waals surface area contributed by atoms with Gasteiger partial charge < -0.3 is 5.32 Å². The molecule has 0 bridgehead atoms. The average molecular weight is 260 g/mol. The van der Waals surface area contributed by atoms with Crippen molar-refractivity contribution in [2.24, 2.45) is 5.92 Å². The number of carbonyl (C=O) groups excluding carboxylic acids is 1. The van der Waals surface area contributed by atoms with Crippen LogP contribution in [0.15, 0.2) is 15.9 Å². The van der Waals surface area contributed by atoms with Gasteiger partial charge in [0.1, 0.15) is 4.88 Å². The molecule has 70 valence electrons. The first kappa shape index (κ1) is 9.21. The quantitative estimate of drug-likeness (QED) is 0.889. The Balaban J connectivity index is 1.92. The van der Waals surface area contributed by atoms with Crippen molar-refractivity contribution in [3.8, 4) is 0 Å². The van der Waals surface area contributed by atoms with Crippen LogP contribution in [0.2, 0.25) is 0 Å². The van der Waals surface area contributed by atoms with Gasteiger partial charge in [-0.25, -0.2) is 0 Å². The van der Waals surface area contributed by atoms with Gasteiger partial charge in [-0.3, -0.25) is 4.79 Å². The number of hydrogen-bond acceptors (Lipinski definition) is 2. The first-order chi connectivity index (χ1) is 6.27. The summed E-state index contributed by atoms with van der Waals surface area (Å²) in [7, 11) is 0. The van der Waals surface area contributed by atoms with E-state index in [0.29, 0.717) is 0 Å². The third-order valence-corrected chi connectivity index (χ3v) is 3.91. The molecule has 1 amide bonds. The summed E-state index contributed by atoms with van der Waals surface area (Å²) in [5.74, 6) is 0.788. The van der Waals surface area contributed by atoms with Gasteiger partial charge >= 0.3 is 0 Å². The predicted molar refractivity (Wildman–Crippen MR) is 57.1 cm³/mol. The number of thiophene rings is 1. The molecule has 0 atom stereocenters. The van der Waals surface area contributed by atoms with Crippen molar-refractivity contribution in [2.45, 2.75) is 12.8 Å². The molecule has 2 nitrogen and oxygen atoms in total. The van der Waals surface area contributed by atoms with E-state index >= 15 is 0 Å². The maximum atomic E-state index is 11.5. The summed E-state index contributed by atoms with van der Waals surface area (Å²) in [6.45, 7) is 0.836. The van der Waals surface area contributed by atoms with E-state index < -0.39 is 0 Å². The topological polar surface area (TPSA) is 29.1 Å². The molecule has 1 aromatic heterocycles. The van der Waals surface area contributed by atoms with Gasteiger partial charge in [-0.1, -0.05) is 0 Å². The molecule has 1 fully saturated rings. The molecule has 1 aliphatic rings. The first-order valence-electron chi connectivity index (χ1n) is 4.28. The van der Waals surface area contributed by atoms with Crippen molar-refractivity contribution in [1.82, 2.24) is 5.32 Å². The fourth-order valence-corrected chi connectivity index (χ4v) is 2.56. The van der Waals surface area contributed by atoms with Gasteiger partial charge in [0, 0.05) is 11.0 Å². The maximum absolute atomic E-state index is 11.5. The lowest BCUT2D eigenvalue weighted by atomic mass is 10.4. The van der Waals surface area contributed by atoms with E-state index in [1.54, 1.807) is 0 Å². The number of rotatable bonds is 3. The average Bonchev–Trinajstić information content (AvgIpc) is 2.84. The predicted octanol–water partition coefficient (Wildman–Crippen LogP) is 2.65. The Morgan fingerprint density at radius 3 is 3.00 bits per heavy atom. The van der Waals surface area contributed by atoms with Gasteiger partial charge in [0.15, 0.2) is 0 Å². The fourth-order valence-electron chi connectivity index (χ4n) is 1.10. The van der Waals surface area contributed by atoms with Crippen molar-refractivity contribution < 1.29 is 4.79 Å². The highest BCUT2D eigenvalue weighted by molar-refractivity contribution is 9.10. The monoisotopic (exact) mass is 259 g/mol. The zero-order chi connectivity index (χ0) is 9.26. The van der Waals surface area contributed by atoms with Crippen molar-refractivity contribution in [2.75, 3.05) is 6.54 Å². The van der Waals surface area contributed by atoms with Gasteiger partial charge in [0.05, 0.1) is 0 Å². The summed E-state index contributed by atoms with van der Waals surface area (Å²) in [4.78, 5) is 12.3. The van der Waals surface area contributed by atoms with Crippen LogP contribution < -0.4 is 5.32 Å². The first-order valence-corrected chi connectivity index (χ1v) is 5.96. The molecule has 13 heavy (non-hydrogen) atoms. The van der Waals surface area contributed by atoms with Crippen LogP contribution in [-0.4, -0.2) is 12.5 Å². The molecule has 0 aromatic carbocycles. The molecule has 2 rings (SSSR count). The van der Waals surface area contributed by atoms with Gasteiger partial charge in [-0.05, 0) is 46.1 Å². The highest BCUT2D eigenvalue weighted by atomic mass is 79.9. The molecular formula is C9H10BrNOS. The van der Waals surface area contributed by atoms with Crippen LogP contribution in [0.4, 0.5) is 0 Å². The van der Waals surface area contributed by atoms with Gasteiger partial charge in [0.25, 0.3) is 5.91 Å². The van der Waals surface area contributed by atoms with Gasteiger partial charge in [-0.2, -0.15) is 0 Å². The highest BCUT2D eigenvalue weighted by Crippen LogP contribution is 2.28. The minimum Gasteiger partial charge on any atom is -0.351 e. The third kappa shape index (κ3) is 2.31. The Bertz CT molecular complexity index is 319. The van der Waals surface area contributed by atoms with Crippen LogP contribution in [0.5, 0.6) is 0 Å². The highest BCUT2D eigenvalue weighted by Gasteiger charge is 2.22. The number of carbonyl (C=O) groups is 1. The fraction of sp³-hybridized carbons (Fsp3) is 0.444. The second kappa shape index (κ2) is 3.80. The normalized spacial score (nSPS) is 15.8. The number of nitrogens with one attached hydrogen (secondary N) is 1. The molecule has 4 heteroatoms. The van der Waals surface area contributed by atoms with E-state index in [4.69, 9.17) is 0 Å². The molecule has 0 spiro atoms. The Labute approximate surface area is 89.5 Å². The van der Waals surface area contributed by atoms with Crippen LogP contribution in [0.25, 0.3) is 0 Å². The third-order valence-electron chi connectivity index (χ3n) is 2.07. The van der Waals surface area contributed by atoms with E-state index in [1.807, 2.05) is 11.4 Å². The summed E-state index contributed by atoms with van der Waals surface area (Å²) in [5.41, 5.74) is 0. The van der Waals surface area contributed by atoms with Crippen LogP contribution in [0.1, 0.15) is 22.5 Å². The van der Waals surface area contributed by atoms with E-state index in [9.17, 15) is 4.79 Å². The molecule has 1 saturated carbocycles. The van der Waals surface area contributed by atoms with Gasteiger partial charge in [0.2, 0.25) is 0 Å². The van der Waals surface area contributed by atoms with E-state index in [0.717, 1.165) is 21.8 Å². The minimum absolute atomic E-state index is 0.0498. The molecule has 0 aliphatic heterocycles. The molecule has 0 radical (unpaired) electrons. The largest absolute Gasteiger partial charge is 0.351 e. The summed E-state index contributed by atoms with van der Waals surface area (Å²) in [5, 5.41) is 4.84. The van der Waals surface area contributed by atoms with Crippen molar-refractivity contribution in [1.29, 1.82) is 0 Å². The summed E-state index contributed by atoms with van der Waals surface area (Å²) in [6, 6.07) is 1.90. The lowest BCUT2D eigenvalue weighted by molar-refractivity contribution is 0.0955. The Kier molecular flexibility index (Phi) is 2.69. The SMILES string of the molecule is O=C(NCC1CC1)c1sccc1Br. The Morgan fingerprint density at radius 2 is 2.46 bits per heavy atom. The molecular weight excluding hydrogens is 250 g/mol.